The molecular formula is C18H21Cl. The standard InChI is InChI=1S/C18H21Cl/c1-13-8-7-9-14(2)17(13)12-15(3)18(19)16-10-5-4-6-11-16/h4-11,15,18H,12H2,1-3H3. The molecule has 0 bridgehead atoms. The quantitative estimate of drug-likeness (QED) is 0.648. The third-order valence-corrected chi connectivity index (χ3v) is 4.47. The number of aryl methyl sites for hydroxylation is 2. The second-order valence-corrected chi connectivity index (χ2v) is 5.83. The first-order chi connectivity index (χ1) is 9.09. The summed E-state index contributed by atoms with van der Waals surface area (Å²) in [5, 5.41) is 0.0696. The largest absolute Gasteiger partial charge is 0.118 e. The molecule has 0 saturated heterocycles. The van der Waals surface area contributed by atoms with Crippen LogP contribution in [0.5, 0.6) is 0 Å². The molecule has 19 heavy (non-hydrogen) atoms. The molecule has 0 aliphatic rings. The van der Waals surface area contributed by atoms with Crippen molar-refractivity contribution in [1.29, 1.82) is 0 Å². The van der Waals surface area contributed by atoms with Gasteiger partial charge in [0.1, 0.15) is 0 Å². The molecule has 0 heterocycles. The molecular weight excluding hydrogens is 252 g/mol. The van der Waals surface area contributed by atoms with Crippen LogP contribution in [0, 0.1) is 19.8 Å². The Hall–Kier alpha value is -1.27. The molecule has 2 aromatic rings. The van der Waals surface area contributed by atoms with E-state index in [1.165, 1.54) is 22.3 Å². The van der Waals surface area contributed by atoms with Gasteiger partial charge in [-0.2, -0.15) is 0 Å². The van der Waals surface area contributed by atoms with Gasteiger partial charge in [0, 0.05) is 0 Å². The Morgan fingerprint density at radius 1 is 0.895 bits per heavy atom. The normalized spacial score (nSPS) is 14.1. The van der Waals surface area contributed by atoms with Crippen molar-refractivity contribution in [2.75, 3.05) is 0 Å². The fraction of sp³-hybridized carbons (Fsp3) is 0.333. The molecule has 0 aliphatic carbocycles. The smallest absolute Gasteiger partial charge is 0.0613 e. The first-order valence-electron chi connectivity index (χ1n) is 6.83. The average molecular weight is 273 g/mol. The van der Waals surface area contributed by atoms with Crippen LogP contribution in [0.15, 0.2) is 48.5 Å². The van der Waals surface area contributed by atoms with Gasteiger partial charge in [0.25, 0.3) is 0 Å². The van der Waals surface area contributed by atoms with Crippen molar-refractivity contribution in [3.05, 3.63) is 70.8 Å². The molecule has 2 rings (SSSR count). The number of rotatable bonds is 4. The van der Waals surface area contributed by atoms with E-state index in [1.54, 1.807) is 0 Å². The Morgan fingerprint density at radius 3 is 2.05 bits per heavy atom. The highest BCUT2D eigenvalue weighted by Crippen LogP contribution is 2.32. The van der Waals surface area contributed by atoms with Crippen LogP contribution in [0.2, 0.25) is 0 Å². The zero-order valence-electron chi connectivity index (χ0n) is 11.9. The molecule has 0 amide bonds. The Balaban J connectivity index is 2.15. The fourth-order valence-electron chi connectivity index (χ4n) is 2.56. The minimum atomic E-state index is 0.0696. The molecule has 1 heteroatoms. The molecule has 0 radical (unpaired) electrons. The summed E-state index contributed by atoms with van der Waals surface area (Å²) in [4.78, 5) is 0. The van der Waals surface area contributed by atoms with Gasteiger partial charge in [-0.05, 0) is 48.4 Å². The third-order valence-electron chi connectivity index (χ3n) is 3.79. The summed E-state index contributed by atoms with van der Waals surface area (Å²) < 4.78 is 0. The summed E-state index contributed by atoms with van der Waals surface area (Å²) in [7, 11) is 0. The minimum absolute atomic E-state index is 0.0696. The summed E-state index contributed by atoms with van der Waals surface area (Å²) in [5.41, 5.74) is 5.38. The summed E-state index contributed by atoms with van der Waals surface area (Å²) >= 11 is 6.61. The number of halogens is 1. The van der Waals surface area contributed by atoms with Crippen LogP contribution in [0.3, 0.4) is 0 Å². The lowest BCUT2D eigenvalue weighted by molar-refractivity contribution is 0.555. The number of alkyl halides is 1. The topological polar surface area (TPSA) is 0 Å². The molecule has 0 aliphatic heterocycles. The van der Waals surface area contributed by atoms with Gasteiger partial charge in [-0.1, -0.05) is 55.5 Å². The molecule has 0 N–H and O–H groups in total. The lowest BCUT2D eigenvalue weighted by Crippen LogP contribution is -2.09. The van der Waals surface area contributed by atoms with Crippen LogP contribution in [0.4, 0.5) is 0 Å². The number of hydrogen-bond acceptors (Lipinski definition) is 0. The van der Waals surface area contributed by atoms with Crippen molar-refractivity contribution in [3.8, 4) is 0 Å². The van der Waals surface area contributed by atoms with Gasteiger partial charge < -0.3 is 0 Å². The molecule has 0 spiro atoms. The van der Waals surface area contributed by atoms with Crippen LogP contribution in [-0.2, 0) is 6.42 Å². The predicted molar refractivity (Wildman–Crippen MR) is 83.8 cm³/mol. The summed E-state index contributed by atoms with van der Waals surface area (Å²) in [6.07, 6.45) is 1.03. The minimum Gasteiger partial charge on any atom is -0.118 e. The monoisotopic (exact) mass is 272 g/mol. The Kier molecular flexibility index (Phi) is 4.66. The van der Waals surface area contributed by atoms with E-state index in [4.69, 9.17) is 11.6 Å². The van der Waals surface area contributed by atoms with Gasteiger partial charge in [-0.15, -0.1) is 11.6 Å². The van der Waals surface area contributed by atoms with Crippen LogP contribution in [0.25, 0.3) is 0 Å². The van der Waals surface area contributed by atoms with Crippen molar-refractivity contribution < 1.29 is 0 Å². The van der Waals surface area contributed by atoms with E-state index < -0.39 is 0 Å². The van der Waals surface area contributed by atoms with E-state index in [0.29, 0.717) is 5.92 Å². The maximum atomic E-state index is 6.61. The fourth-order valence-corrected chi connectivity index (χ4v) is 2.80. The van der Waals surface area contributed by atoms with Crippen LogP contribution < -0.4 is 0 Å². The molecule has 0 aromatic heterocycles. The molecule has 0 nitrogen and oxygen atoms in total. The Labute approximate surface area is 121 Å². The molecule has 2 aromatic carbocycles. The maximum Gasteiger partial charge on any atom is 0.0613 e. The van der Waals surface area contributed by atoms with Crippen LogP contribution >= 0.6 is 11.6 Å². The van der Waals surface area contributed by atoms with E-state index in [-0.39, 0.29) is 5.38 Å². The van der Waals surface area contributed by atoms with Crippen molar-refractivity contribution in [1.82, 2.24) is 0 Å². The van der Waals surface area contributed by atoms with Gasteiger partial charge in [0.2, 0.25) is 0 Å². The highest BCUT2D eigenvalue weighted by atomic mass is 35.5. The molecule has 0 saturated carbocycles. The van der Waals surface area contributed by atoms with E-state index in [2.05, 4.69) is 63.2 Å². The second-order valence-electron chi connectivity index (χ2n) is 5.36. The van der Waals surface area contributed by atoms with Crippen LogP contribution in [0.1, 0.15) is 34.6 Å². The average Bonchev–Trinajstić information content (AvgIpc) is 2.43. The maximum absolute atomic E-state index is 6.61. The van der Waals surface area contributed by atoms with E-state index in [9.17, 15) is 0 Å². The summed E-state index contributed by atoms with van der Waals surface area (Å²) in [6, 6.07) is 16.8. The first kappa shape index (κ1) is 14.1. The van der Waals surface area contributed by atoms with Gasteiger partial charge in [0.15, 0.2) is 0 Å². The molecule has 2 unspecified atom stereocenters. The molecule has 100 valence electrons. The summed E-state index contributed by atoms with van der Waals surface area (Å²) in [5.74, 6) is 0.420. The molecule has 0 fully saturated rings. The van der Waals surface area contributed by atoms with Gasteiger partial charge in [-0.25, -0.2) is 0 Å². The van der Waals surface area contributed by atoms with Gasteiger partial charge in [-0.3, -0.25) is 0 Å². The first-order valence-corrected chi connectivity index (χ1v) is 7.27. The number of hydrogen-bond donors (Lipinski definition) is 0. The number of benzene rings is 2. The van der Waals surface area contributed by atoms with E-state index in [1.807, 2.05) is 6.07 Å². The lowest BCUT2D eigenvalue weighted by Gasteiger charge is -2.20. The Morgan fingerprint density at radius 2 is 1.47 bits per heavy atom. The van der Waals surface area contributed by atoms with Gasteiger partial charge >= 0.3 is 0 Å². The second kappa shape index (κ2) is 6.25. The van der Waals surface area contributed by atoms with E-state index >= 15 is 0 Å². The van der Waals surface area contributed by atoms with Crippen molar-refractivity contribution in [2.45, 2.75) is 32.6 Å². The molecule has 2 atom stereocenters. The highest BCUT2D eigenvalue weighted by Gasteiger charge is 2.18. The summed E-state index contributed by atoms with van der Waals surface area (Å²) in [6.45, 7) is 6.60. The third kappa shape index (κ3) is 3.39. The van der Waals surface area contributed by atoms with Gasteiger partial charge in [0.05, 0.1) is 5.38 Å². The SMILES string of the molecule is Cc1cccc(C)c1CC(C)C(Cl)c1ccccc1. The zero-order chi connectivity index (χ0) is 13.8. The van der Waals surface area contributed by atoms with Crippen molar-refractivity contribution in [2.24, 2.45) is 5.92 Å². The van der Waals surface area contributed by atoms with Crippen molar-refractivity contribution in [3.63, 3.8) is 0 Å². The zero-order valence-corrected chi connectivity index (χ0v) is 12.6. The highest BCUT2D eigenvalue weighted by molar-refractivity contribution is 6.21. The van der Waals surface area contributed by atoms with Crippen molar-refractivity contribution >= 4 is 11.6 Å². The van der Waals surface area contributed by atoms with Crippen LogP contribution in [-0.4, -0.2) is 0 Å². The lowest BCUT2D eigenvalue weighted by atomic mass is 9.89. The van der Waals surface area contributed by atoms with E-state index in [0.717, 1.165) is 6.42 Å². The Bertz CT molecular complexity index is 510. The predicted octanol–water partition coefficient (Wildman–Crippen LogP) is 5.46.